The van der Waals surface area contributed by atoms with E-state index in [2.05, 4.69) is 0 Å². The monoisotopic (exact) mass is 277 g/mol. The lowest BCUT2D eigenvalue weighted by atomic mass is 9.94. The van der Waals surface area contributed by atoms with Crippen molar-refractivity contribution in [2.45, 2.75) is 19.3 Å². The van der Waals surface area contributed by atoms with E-state index < -0.39 is 5.97 Å². The van der Waals surface area contributed by atoms with E-state index in [1.807, 2.05) is 0 Å². The van der Waals surface area contributed by atoms with Crippen molar-refractivity contribution in [2.24, 2.45) is 5.92 Å². The summed E-state index contributed by atoms with van der Waals surface area (Å²) in [4.78, 5) is 24.9. The maximum atomic E-state index is 12.4. The van der Waals surface area contributed by atoms with Gasteiger partial charge in [0.1, 0.15) is 5.75 Å². The Morgan fingerprint density at radius 2 is 2.25 bits per heavy atom. The molecule has 0 aromatic heterocycles. The molecule has 1 unspecified atom stereocenters. The highest BCUT2D eigenvalue weighted by Gasteiger charge is 2.26. The Morgan fingerprint density at radius 1 is 1.45 bits per heavy atom. The van der Waals surface area contributed by atoms with E-state index in [1.54, 1.807) is 36.3 Å². The van der Waals surface area contributed by atoms with Crippen molar-refractivity contribution >= 4 is 11.9 Å². The number of carboxylic acids is 1. The van der Waals surface area contributed by atoms with Crippen LogP contribution in [0, 0.1) is 5.92 Å². The standard InChI is InChI=1S/C15H19NO4/c1-20-13-6-2-5-12(9-13)15(19)16-7-3-4-11(10-16)8-14(17)18/h2,5-6,9,11H,3-4,7-8,10H2,1H3,(H,17,18). The van der Waals surface area contributed by atoms with Crippen LogP contribution in [0.15, 0.2) is 24.3 Å². The maximum absolute atomic E-state index is 12.4. The molecule has 20 heavy (non-hydrogen) atoms. The van der Waals surface area contributed by atoms with Crippen LogP contribution >= 0.6 is 0 Å². The highest BCUT2D eigenvalue weighted by molar-refractivity contribution is 5.94. The van der Waals surface area contributed by atoms with E-state index in [0.717, 1.165) is 12.8 Å². The number of carbonyl (C=O) groups excluding carboxylic acids is 1. The van der Waals surface area contributed by atoms with Gasteiger partial charge in [-0.2, -0.15) is 0 Å². The molecule has 1 aliphatic heterocycles. The van der Waals surface area contributed by atoms with E-state index in [1.165, 1.54) is 0 Å². The Hall–Kier alpha value is -2.04. The number of piperidine rings is 1. The first-order valence-electron chi connectivity index (χ1n) is 6.75. The average molecular weight is 277 g/mol. The number of carboxylic acid groups (broad SMARTS) is 1. The fourth-order valence-corrected chi connectivity index (χ4v) is 2.60. The normalized spacial score (nSPS) is 18.6. The van der Waals surface area contributed by atoms with Crippen LogP contribution in [0.5, 0.6) is 5.75 Å². The van der Waals surface area contributed by atoms with Gasteiger partial charge in [-0.25, -0.2) is 0 Å². The number of nitrogens with zero attached hydrogens (tertiary/aromatic N) is 1. The van der Waals surface area contributed by atoms with E-state index in [-0.39, 0.29) is 18.2 Å². The number of hydrogen-bond donors (Lipinski definition) is 1. The minimum absolute atomic E-state index is 0.0517. The quantitative estimate of drug-likeness (QED) is 0.914. The molecule has 5 nitrogen and oxygen atoms in total. The summed E-state index contributed by atoms with van der Waals surface area (Å²) in [5.74, 6) is -0.157. The van der Waals surface area contributed by atoms with Crippen LogP contribution in [0.3, 0.4) is 0 Å². The zero-order valence-corrected chi connectivity index (χ0v) is 11.5. The largest absolute Gasteiger partial charge is 0.497 e. The Bertz CT molecular complexity index is 500. The lowest BCUT2D eigenvalue weighted by Gasteiger charge is -2.32. The van der Waals surface area contributed by atoms with Gasteiger partial charge >= 0.3 is 5.97 Å². The van der Waals surface area contributed by atoms with Crippen LogP contribution in [0.4, 0.5) is 0 Å². The summed E-state index contributed by atoms with van der Waals surface area (Å²) in [7, 11) is 1.56. The van der Waals surface area contributed by atoms with Crippen molar-refractivity contribution < 1.29 is 19.4 Å². The molecule has 108 valence electrons. The minimum Gasteiger partial charge on any atom is -0.497 e. The lowest BCUT2D eigenvalue weighted by molar-refractivity contribution is -0.138. The fraction of sp³-hybridized carbons (Fsp3) is 0.467. The Balaban J connectivity index is 2.06. The van der Waals surface area contributed by atoms with Gasteiger partial charge in [0.05, 0.1) is 7.11 Å². The molecule has 1 aromatic carbocycles. The highest BCUT2D eigenvalue weighted by Crippen LogP contribution is 2.22. The number of benzene rings is 1. The number of amides is 1. The van der Waals surface area contributed by atoms with Gasteiger partial charge in [-0.05, 0) is 37.0 Å². The number of rotatable bonds is 4. The van der Waals surface area contributed by atoms with Crippen LogP contribution in [-0.4, -0.2) is 42.1 Å². The molecule has 1 saturated heterocycles. The number of methoxy groups -OCH3 is 1. The molecule has 1 atom stereocenters. The molecular formula is C15H19NO4. The molecule has 1 aromatic rings. The van der Waals surface area contributed by atoms with Crippen molar-refractivity contribution in [3.8, 4) is 5.75 Å². The van der Waals surface area contributed by atoms with Crippen molar-refractivity contribution in [2.75, 3.05) is 20.2 Å². The predicted molar refractivity (Wildman–Crippen MR) is 73.9 cm³/mol. The van der Waals surface area contributed by atoms with Gasteiger partial charge in [-0.15, -0.1) is 0 Å². The van der Waals surface area contributed by atoms with E-state index in [9.17, 15) is 9.59 Å². The molecule has 5 heteroatoms. The van der Waals surface area contributed by atoms with Crippen LogP contribution in [0.25, 0.3) is 0 Å². The van der Waals surface area contributed by atoms with Gasteiger partial charge in [0.25, 0.3) is 5.91 Å². The maximum Gasteiger partial charge on any atom is 0.303 e. The van der Waals surface area contributed by atoms with Crippen LogP contribution in [0.2, 0.25) is 0 Å². The van der Waals surface area contributed by atoms with E-state index in [0.29, 0.717) is 24.4 Å². The smallest absolute Gasteiger partial charge is 0.303 e. The summed E-state index contributed by atoms with van der Waals surface area (Å²) in [6, 6.07) is 7.04. The first-order chi connectivity index (χ1) is 9.60. The second-order valence-corrected chi connectivity index (χ2v) is 5.09. The molecule has 1 N–H and O–H groups in total. The Morgan fingerprint density at radius 3 is 2.95 bits per heavy atom. The summed E-state index contributed by atoms with van der Waals surface area (Å²) in [5, 5.41) is 8.86. The van der Waals surface area contributed by atoms with Gasteiger partial charge in [-0.1, -0.05) is 6.07 Å². The van der Waals surface area contributed by atoms with Crippen LogP contribution < -0.4 is 4.74 Å². The average Bonchev–Trinajstić information content (AvgIpc) is 2.46. The molecular weight excluding hydrogens is 258 g/mol. The first kappa shape index (κ1) is 14.4. The van der Waals surface area contributed by atoms with E-state index >= 15 is 0 Å². The zero-order chi connectivity index (χ0) is 14.5. The van der Waals surface area contributed by atoms with E-state index in [4.69, 9.17) is 9.84 Å². The van der Waals surface area contributed by atoms with Gasteiger partial charge in [0, 0.05) is 25.1 Å². The van der Waals surface area contributed by atoms with Gasteiger partial charge in [-0.3, -0.25) is 9.59 Å². The number of aliphatic carboxylic acids is 1. The summed E-state index contributed by atoms with van der Waals surface area (Å²) < 4.78 is 5.12. The van der Waals surface area contributed by atoms with Gasteiger partial charge in [0.15, 0.2) is 0 Å². The summed E-state index contributed by atoms with van der Waals surface area (Å²) in [6.45, 7) is 1.20. The molecule has 0 radical (unpaired) electrons. The predicted octanol–water partition coefficient (Wildman–Crippen LogP) is 2.02. The molecule has 1 amide bonds. The number of carbonyl (C=O) groups is 2. The summed E-state index contributed by atoms with van der Waals surface area (Å²) in [6.07, 6.45) is 1.85. The summed E-state index contributed by atoms with van der Waals surface area (Å²) >= 11 is 0. The molecule has 1 fully saturated rings. The van der Waals surface area contributed by atoms with Crippen molar-refractivity contribution in [1.82, 2.24) is 4.90 Å². The molecule has 0 saturated carbocycles. The topological polar surface area (TPSA) is 66.8 Å². The molecule has 1 heterocycles. The van der Waals surface area contributed by atoms with Crippen molar-refractivity contribution in [1.29, 1.82) is 0 Å². The van der Waals surface area contributed by atoms with Gasteiger partial charge < -0.3 is 14.7 Å². The lowest BCUT2D eigenvalue weighted by Crippen LogP contribution is -2.40. The fourth-order valence-electron chi connectivity index (χ4n) is 2.60. The summed E-state index contributed by atoms with van der Waals surface area (Å²) in [5.41, 5.74) is 0.584. The molecule has 0 bridgehead atoms. The molecule has 2 rings (SSSR count). The number of hydrogen-bond acceptors (Lipinski definition) is 3. The molecule has 0 aliphatic carbocycles. The second-order valence-electron chi connectivity index (χ2n) is 5.09. The SMILES string of the molecule is COc1cccc(C(=O)N2CCCC(CC(=O)O)C2)c1. The van der Waals surface area contributed by atoms with Crippen LogP contribution in [-0.2, 0) is 4.79 Å². The minimum atomic E-state index is -0.800. The van der Waals surface area contributed by atoms with Crippen molar-refractivity contribution in [3.05, 3.63) is 29.8 Å². The third-order valence-electron chi connectivity index (χ3n) is 3.59. The molecule has 0 spiro atoms. The number of likely N-dealkylation sites (tertiary alicyclic amines) is 1. The van der Waals surface area contributed by atoms with Crippen molar-refractivity contribution in [3.63, 3.8) is 0 Å². The Labute approximate surface area is 118 Å². The third-order valence-corrected chi connectivity index (χ3v) is 3.59. The Kier molecular flexibility index (Phi) is 4.61. The molecule has 1 aliphatic rings. The number of ether oxygens (including phenoxy) is 1. The third kappa shape index (κ3) is 3.50. The van der Waals surface area contributed by atoms with Crippen LogP contribution in [0.1, 0.15) is 29.6 Å². The van der Waals surface area contributed by atoms with Gasteiger partial charge in [0.2, 0.25) is 0 Å². The second kappa shape index (κ2) is 6.41. The highest BCUT2D eigenvalue weighted by atomic mass is 16.5. The zero-order valence-electron chi connectivity index (χ0n) is 11.5. The first-order valence-corrected chi connectivity index (χ1v) is 6.75.